The van der Waals surface area contributed by atoms with Crippen LogP contribution in [0.2, 0.25) is 0 Å². The number of aliphatic hydroxyl groups is 1. The van der Waals surface area contributed by atoms with E-state index in [1.54, 1.807) is 45.0 Å². The van der Waals surface area contributed by atoms with Crippen LogP contribution in [-0.2, 0) is 19.8 Å². The van der Waals surface area contributed by atoms with Gasteiger partial charge in [0.25, 0.3) is 0 Å². The fourth-order valence-electron chi connectivity index (χ4n) is 3.59. The molecule has 2 rings (SSSR count). The van der Waals surface area contributed by atoms with Gasteiger partial charge in [-0.05, 0) is 51.2 Å². The van der Waals surface area contributed by atoms with Gasteiger partial charge in [0.15, 0.2) is 0 Å². The smallest absolute Gasteiger partial charge is 0.216 e. The highest BCUT2D eigenvalue weighted by Crippen LogP contribution is 2.39. The lowest BCUT2D eigenvalue weighted by Crippen LogP contribution is -2.52. The van der Waals surface area contributed by atoms with Gasteiger partial charge in [-0.25, -0.2) is 21.7 Å². The van der Waals surface area contributed by atoms with E-state index < -0.39 is 41.9 Å². The first-order chi connectivity index (χ1) is 12.3. The zero-order chi connectivity index (χ0) is 20.6. The maximum atomic E-state index is 13.7. The predicted octanol–water partition coefficient (Wildman–Crippen LogP) is 2.64. The van der Waals surface area contributed by atoms with Gasteiger partial charge >= 0.3 is 0 Å². The van der Waals surface area contributed by atoms with E-state index in [1.807, 2.05) is 19.9 Å². The van der Waals surface area contributed by atoms with Crippen LogP contribution in [0.25, 0.3) is 0 Å². The molecular formula is C19H32N2O4S2. The Morgan fingerprint density at radius 3 is 2.15 bits per heavy atom. The van der Waals surface area contributed by atoms with Crippen molar-refractivity contribution in [3.05, 3.63) is 30.3 Å². The second kappa shape index (κ2) is 7.81. The monoisotopic (exact) mass is 416 g/mol. The molecule has 1 aliphatic carbocycles. The van der Waals surface area contributed by atoms with Crippen LogP contribution in [0.15, 0.2) is 39.6 Å². The summed E-state index contributed by atoms with van der Waals surface area (Å²) in [6.45, 7) is 8.84. The number of aliphatic hydroxyl groups excluding tert-OH is 1. The number of hydrogen-bond donors (Lipinski definition) is 2. The quantitative estimate of drug-likeness (QED) is 0.771. The number of nitrogens with zero attached hydrogens (tertiary/aromatic N) is 1. The SMILES string of the molecule is CN=S(=O)(c1ccccc1)[C@@H]1C[C@@H](C(C)C)[C@H](NS(=O)(=O)C(C)(C)C)[C@H]1O. The van der Waals surface area contributed by atoms with Crippen molar-refractivity contribution in [1.82, 2.24) is 4.72 Å². The lowest BCUT2D eigenvalue weighted by Gasteiger charge is -2.30. The first kappa shape index (κ1) is 22.3. The van der Waals surface area contributed by atoms with Crippen molar-refractivity contribution in [2.24, 2.45) is 16.2 Å². The minimum Gasteiger partial charge on any atom is -0.390 e. The Bertz CT molecular complexity index is 867. The van der Waals surface area contributed by atoms with Crippen molar-refractivity contribution >= 4 is 19.8 Å². The van der Waals surface area contributed by atoms with Gasteiger partial charge in [0.05, 0.1) is 31.9 Å². The molecule has 1 saturated carbocycles. The average Bonchev–Trinajstić information content (AvgIpc) is 2.91. The van der Waals surface area contributed by atoms with Crippen molar-refractivity contribution in [3.63, 3.8) is 0 Å². The van der Waals surface area contributed by atoms with Crippen LogP contribution in [0, 0.1) is 11.8 Å². The van der Waals surface area contributed by atoms with Crippen LogP contribution in [0.4, 0.5) is 0 Å². The molecule has 1 aliphatic rings. The molecule has 0 saturated heterocycles. The number of rotatable bonds is 5. The summed E-state index contributed by atoms with van der Waals surface area (Å²) in [5, 5.41) is 10.4. The Labute approximate surface area is 164 Å². The molecule has 0 amide bonds. The maximum Gasteiger partial charge on any atom is 0.216 e. The van der Waals surface area contributed by atoms with Gasteiger partial charge in [0.1, 0.15) is 0 Å². The van der Waals surface area contributed by atoms with Gasteiger partial charge in [-0.2, -0.15) is 0 Å². The van der Waals surface area contributed by atoms with Crippen LogP contribution in [0.3, 0.4) is 0 Å². The van der Waals surface area contributed by atoms with Gasteiger partial charge in [-0.1, -0.05) is 32.0 Å². The summed E-state index contributed by atoms with van der Waals surface area (Å²) in [5.41, 5.74) is 0. The molecule has 2 N–H and O–H groups in total. The molecule has 154 valence electrons. The Morgan fingerprint density at radius 2 is 1.70 bits per heavy atom. The van der Waals surface area contributed by atoms with Crippen LogP contribution in [0.1, 0.15) is 41.0 Å². The maximum absolute atomic E-state index is 13.7. The van der Waals surface area contributed by atoms with E-state index in [9.17, 15) is 17.7 Å². The number of nitrogens with one attached hydrogen (secondary N) is 1. The molecule has 5 atom stereocenters. The molecule has 27 heavy (non-hydrogen) atoms. The zero-order valence-corrected chi connectivity index (χ0v) is 18.5. The standard InChI is InChI=1S/C19H32N2O4S2/c1-13(2)15-12-16(26(23,20-6)14-10-8-7-9-11-14)18(22)17(15)21-27(24,25)19(3,4)5/h7-11,13,15-18,21-22H,12H2,1-6H3/t15-,16+,17-,18-,26?/m0/s1. The van der Waals surface area contributed by atoms with Gasteiger partial charge in [-0.3, -0.25) is 0 Å². The lowest BCUT2D eigenvalue weighted by atomic mass is 9.91. The normalized spacial score (nSPS) is 28.9. The molecule has 0 aliphatic heterocycles. The highest BCUT2D eigenvalue weighted by Gasteiger charge is 2.50. The third-order valence-electron chi connectivity index (χ3n) is 5.43. The highest BCUT2D eigenvalue weighted by molar-refractivity contribution is 7.94. The number of sulfonamides is 1. The molecule has 6 nitrogen and oxygen atoms in total. The largest absolute Gasteiger partial charge is 0.390 e. The molecule has 1 aromatic rings. The van der Waals surface area contributed by atoms with Gasteiger partial charge < -0.3 is 5.11 Å². The second-order valence-corrected chi connectivity index (χ2v) is 13.5. The fourth-order valence-corrected chi connectivity index (χ4v) is 7.02. The Hall–Kier alpha value is -0.960. The minimum atomic E-state index is -3.65. The van der Waals surface area contributed by atoms with E-state index in [0.29, 0.717) is 11.3 Å². The van der Waals surface area contributed by atoms with Crippen LogP contribution in [0.5, 0.6) is 0 Å². The number of hydrogen-bond acceptors (Lipinski definition) is 5. The summed E-state index contributed by atoms with van der Waals surface area (Å²) in [5.74, 6) is -0.0120. The van der Waals surface area contributed by atoms with E-state index in [1.165, 1.54) is 7.05 Å². The molecule has 0 heterocycles. The summed E-state index contributed by atoms with van der Waals surface area (Å²) in [6.07, 6.45) is -0.632. The van der Waals surface area contributed by atoms with Gasteiger partial charge in [0, 0.05) is 11.9 Å². The zero-order valence-electron chi connectivity index (χ0n) is 16.9. The summed E-state index contributed by atoms with van der Waals surface area (Å²) in [6, 6.07) is 8.23. The average molecular weight is 417 g/mol. The molecule has 1 fully saturated rings. The van der Waals surface area contributed by atoms with Crippen molar-refractivity contribution in [3.8, 4) is 0 Å². The molecule has 0 aromatic heterocycles. The van der Waals surface area contributed by atoms with Crippen LogP contribution >= 0.6 is 0 Å². The van der Waals surface area contributed by atoms with Gasteiger partial charge in [-0.15, -0.1) is 0 Å². The molecule has 1 unspecified atom stereocenters. The summed E-state index contributed by atoms with van der Waals surface area (Å²) < 4.78 is 45.0. The first-order valence-electron chi connectivity index (χ1n) is 9.24. The molecule has 0 bridgehead atoms. The van der Waals surface area contributed by atoms with E-state index in [4.69, 9.17) is 0 Å². The summed E-state index contributed by atoms with van der Waals surface area (Å²) in [7, 11) is -5.04. The summed E-state index contributed by atoms with van der Waals surface area (Å²) in [4.78, 5) is 0.568. The van der Waals surface area contributed by atoms with E-state index in [0.717, 1.165) is 0 Å². The van der Waals surface area contributed by atoms with E-state index in [2.05, 4.69) is 9.08 Å². The Morgan fingerprint density at radius 1 is 1.15 bits per heavy atom. The van der Waals surface area contributed by atoms with Crippen molar-refractivity contribution in [2.45, 2.75) is 68.1 Å². The van der Waals surface area contributed by atoms with Crippen LogP contribution < -0.4 is 4.72 Å². The third-order valence-corrected chi connectivity index (χ3v) is 10.4. The third kappa shape index (κ3) is 4.23. The number of benzene rings is 1. The van der Waals surface area contributed by atoms with Crippen molar-refractivity contribution in [1.29, 1.82) is 0 Å². The summed E-state index contributed by atoms with van der Waals surface area (Å²) >= 11 is 0. The van der Waals surface area contributed by atoms with Crippen molar-refractivity contribution in [2.75, 3.05) is 7.05 Å². The van der Waals surface area contributed by atoms with Crippen LogP contribution in [-0.4, -0.2) is 46.9 Å². The fraction of sp³-hybridized carbons (Fsp3) is 0.684. The molecule has 1 aromatic carbocycles. The van der Waals surface area contributed by atoms with Gasteiger partial charge in [0.2, 0.25) is 10.0 Å². The highest BCUT2D eigenvalue weighted by atomic mass is 32.2. The second-order valence-electron chi connectivity index (χ2n) is 8.50. The Kier molecular flexibility index (Phi) is 6.46. The van der Waals surface area contributed by atoms with E-state index >= 15 is 0 Å². The lowest BCUT2D eigenvalue weighted by molar-refractivity contribution is 0.143. The molecular weight excluding hydrogens is 384 g/mol. The van der Waals surface area contributed by atoms with E-state index in [-0.39, 0.29) is 11.8 Å². The molecule has 8 heteroatoms. The Balaban J connectivity index is 2.47. The molecule has 0 radical (unpaired) electrons. The first-order valence-corrected chi connectivity index (χ1v) is 12.3. The molecule has 0 spiro atoms. The minimum absolute atomic E-state index is 0.119. The topological polar surface area (TPSA) is 95.8 Å². The van der Waals surface area contributed by atoms with Crippen molar-refractivity contribution < 1.29 is 17.7 Å². The predicted molar refractivity (Wildman–Crippen MR) is 110 cm³/mol.